The van der Waals surface area contributed by atoms with Crippen LogP contribution < -0.4 is 5.32 Å². The van der Waals surface area contributed by atoms with Crippen LogP contribution in [0.3, 0.4) is 0 Å². The monoisotopic (exact) mass is 361 g/mol. The fraction of sp³-hybridized carbons (Fsp3) is 0.529. The second-order valence-electron chi connectivity index (χ2n) is 6.67. The van der Waals surface area contributed by atoms with Gasteiger partial charge < -0.3 is 15.2 Å². The number of alkyl carbamates (subject to hydrolysis) is 1. The summed E-state index contributed by atoms with van der Waals surface area (Å²) in [6, 6.07) is 3.97. The van der Waals surface area contributed by atoms with E-state index in [1.54, 1.807) is 20.8 Å². The van der Waals surface area contributed by atoms with Crippen LogP contribution in [0.1, 0.15) is 44.7 Å². The number of carbonyl (C=O) groups excluding carboxylic acids is 1. The van der Waals surface area contributed by atoms with Gasteiger partial charge in [-0.15, -0.1) is 0 Å². The van der Waals surface area contributed by atoms with Crippen LogP contribution in [0.25, 0.3) is 0 Å². The predicted molar refractivity (Wildman–Crippen MR) is 85.2 cm³/mol. The van der Waals surface area contributed by atoms with E-state index >= 15 is 0 Å². The molecule has 8 heteroatoms. The van der Waals surface area contributed by atoms with Crippen molar-refractivity contribution in [2.45, 2.75) is 57.9 Å². The second-order valence-corrected chi connectivity index (χ2v) is 6.67. The summed E-state index contributed by atoms with van der Waals surface area (Å²) >= 11 is 0. The Balaban J connectivity index is 2.79. The number of aliphatic carboxylic acids is 1. The van der Waals surface area contributed by atoms with Gasteiger partial charge in [-0.25, -0.2) is 4.79 Å². The Morgan fingerprint density at radius 1 is 1.16 bits per heavy atom. The highest BCUT2D eigenvalue weighted by Crippen LogP contribution is 2.29. The van der Waals surface area contributed by atoms with Gasteiger partial charge in [0.05, 0.1) is 5.56 Å². The molecule has 1 unspecified atom stereocenters. The molecule has 0 heterocycles. The molecular weight excluding hydrogens is 339 g/mol. The van der Waals surface area contributed by atoms with Gasteiger partial charge in [0.15, 0.2) is 0 Å². The first kappa shape index (κ1) is 20.8. The average Bonchev–Trinajstić information content (AvgIpc) is 2.42. The normalized spacial score (nSPS) is 13.2. The zero-order valence-corrected chi connectivity index (χ0v) is 14.3. The van der Waals surface area contributed by atoms with Crippen LogP contribution in [-0.2, 0) is 22.1 Å². The Bertz CT molecular complexity index is 591. The molecule has 25 heavy (non-hydrogen) atoms. The lowest BCUT2D eigenvalue weighted by Gasteiger charge is -2.23. The van der Waals surface area contributed by atoms with Gasteiger partial charge in [-0.05, 0) is 51.3 Å². The highest BCUT2D eigenvalue weighted by molar-refractivity contribution is 5.69. The van der Waals surface area contributed by atoms with Crippen molar-refractivity contribution in [3.8, 4) is 0 Å². The molecule has 0 spiro atoms. The van der Waals surface area contributed by atoms with Crippen molar-refractivity contribution in [3.05, 3.63) is 35.4 Å². The van der Waals surface area contributed by atoms with Crippen molar-refractivity contribution >= 4 is 12.1 Å². The van der Waals surface area contributed by atoms with Gasteiger partial charge in [0.2, 0.25) is 0 Å². The maximum absolute atomic E-state index is 12.6. The van der Waals surface area contributed by atoms with Crippen LogP contribution >= 0.6 is 0 Å². The molecule has 0 aromatic heterocycles. The number of carbonyl (C=O) groups is 2. The van der Waals surface area contributed by atoms with E-state index in [9.17, 15) is 22.8 Å². The Hall–Kier alpha value is -2.25. The first-order valence-electron chi connectivity index (χ1n) is 7.74. The van der Waals surface area contributed by atoms with Crippen molar-refractivity contribution in [2.75, 3.05) is 0 Å². The number of amides is 1. The largest absolute Gasteiger partial charge is 0.481 e. The summed E-state index contributed by atoms with van der Waals surface area (Å²) in [5.41, 5.74) is -0.923. The Morgan fingerprint density at radius 3 is 2.16 bits per heavy atom. The van der Waals surface area contributed by atoms with E-state index in [-0.39, 0.29) is 19.3 Å². The molecule has 1 atom stereocenters. The van der Waals surface area contributed by atoms with E-state index in [0.29, 0.717) is 5.56 Å². The van der Waals surface area contributed by atoms with Gasteiger partial charge in [-0.2, -0.15) is 13.2 Å². The van der Waals surface area contributed by atoms with Crippen LogP contribution in [0.5, 0.6) is 0 Å². The lowest BCUT2D eigenvalue weighted by atomic mass is 10.0. The molecule has 1 rings (SSSR count). The molecule has 0 saturated heterocycles. The van der Waals surface area contributed by atoms with Crippen molar-refractivity contribution in [1.82, 2.24) is 5.32 Å². The third kappa shape index (κ3) is 8.42. The lowest BCUT2D eigenvalue weighted by Crippen LogP contribution is -2.40. The minimum absolute atomic E-state index is 0.135. The standard InChI is InChI=1S/C17H22F3NO4/c1-16(2,3)25-15(24)21-13(8-9-14(22)23)10-11-4-6-12(7-5-11)17(18,19)20/h4-7,13H,8-10H2,1-3H3,(H,21,24)(H,22,23). The number of alkyl halides is 3. The van der Waals surface area contributed by atoms with Gasteiger partial charge in [0.25, 0.3) is 0 Å². The minimum Gasteiger partial charge on any atom is -0.481 e. The van der Waals surface area contributed by atoms with Crippen LogP contribution in [0, 0.1) is 0 Å². The van der Waals surface area contributed by atoms with Gasteiger partial charge in [0, 0.05) is 12.5 Å². The SMILES string of the molecule is CC(C)(C)OC(=O)NC(CCC(=O)O)Cc1ccc(C(F)(F)F)cc1. The molecule has 0 aliphatic carbocycles. The predicted octanol–water partition coefficient (Wildman–Crippen LogP) is 4.01. The summed E-state index contributed by atoms with van der Waals surface area (Å²) in [6.45, 7) is 5.07. The van der Waals surface area contributed by atoms with E-state index in [1.165, 1.54) is 12.1 Å². The quantitative estimate of drug-likeness (QED) is 0.803. The van der Waals surface area contributed by atoms with Gasteiger partial charge >= 0.3 is 18.2 Å². The third-order valence-electron chi connectivity index (χ3n) is 3.19. The van der Waals surface area contributed by atoms with E-state index in [2.05, 4.69) is 5.32 Å². The molecule has 140 valence electrons. The maximum atomic E-state index is 12.6. The number of carboxylic acids is 1. The van der Waals surface area contributed by atoms with Crippen LogP contribution in [0.2, 0.25) is 0 Å². The van der Waals surface area contributed by atoms with Gasteiger partial charge in [-0.1, -0.05) is 12.1 Å². The number of nitrogens with one attached hydrogen (secondary N) is 1. The number of ether oxygens (including phenoxy) is 1. The summed E-state index contributed by atoms with van der Waals surface area (Å²) in [5.74, 6) is -1.02. The van der Waals surface area contributed by atoms with E-state index in [4.69, 9.17) is 9.84 Å². The number of carboxylic acid groups (broad SMARTS) is 1. The molecule has 2 N–H and O–H groups in total. The van der Waals surface area contributed by atoms with Crippen molar-refractivity contribution < 1.29 is 32.6 Å². The molecular formula is C17H22F3NO4. The smallest absolute Gasteiger partial charge is 0.416 e. The lowest BCUT2D eigenvalue weighted by molar-refractivity contribution is -0.138. The van der Waals surface area contributed by atoms with Crippen molar-refractivity contribution in [1.29, 1.82) is 0 Å². The van der Waals surface area contributed by atoms with E-state index < -0.39 is 35.4 Å². The number of hydrogen-bond donors (Lipinski definition) is 2. The first-order chi connectivity index (χ1) is 11.4. The number of benzene rings is 1. The molecule has 0 aliphatic heterocycles. The summed E-state index contributed by atoms with van der Waals surface area (Å²) in [4.78, 5) is 22.6. The average molecular weight is 361 g/mol. The van der Waals surface area contributed by atoms with Crippen molar-refractivity contribution in [3.63, 3.8) is 0 Å². The summed E-state index contributed by atoms with van der Waals surface area (Å²) < 4.78 is 42.9. The number of halogens is 3. The molecule has 5 nitrogen and oxygen atoms in total. The molecule has 0 bridgehead atoms. The molecule has 0 radical (unpaired) electrons. The van der Waals surface area contributed by atoms with Crippen LogP contribution in [-0.4, -0.2) is 28.8 Å². The zero-order valence-electron chi connectivity index (χ0n) is 14.3. The molecule has 0 aliphatic rings. The Labute approximate surface area is 144 Å². The zero-order chi connectivity index (χ0) is 19.3. The highest BCUT2D eigenvalue weighted by Gasteiger charge is 2.30. The summed E-state index contributed by atoms with van der Waals surface area (Å²) in [5, 5.41) is 11.4. The van der Waals surface area contributed by atoms with Crippen molar-refractivity contribution in [2.24, 2.45) is 0 Å². The minimum atomic E-state index is -4.42. The highest BCUT2D eigenvalue weighted by atomic mass is 19.4. The van der Waals surface area contributed by atoms with Crippen LogP contribution in [0.4, 0.5) is 18.0 Å². The van der Waals surface area contributed by atoms with Gasteiger partial charge in [0.1, 0.15) is 5.60 Å². The second kappa shape index (κ2) is 8.22. The Morgan fingerprint density at radius 2 is 1.72 bits per heavy atom. The molecule has 0 fully saturated rings. The fourth-order valence-corrected chi connectivity index (χ4v) is 2.11. The number of rotatable bonds is 6. The van der Waals surface area contributed by atoms with Gasteiger partial charge in [-0.3, -0.25) is 4.79 Å². The molecule has 1 aromatic carbocycles. The fourth-order valence-electron chi connectivity index (χ4n) is 2.11. The number of hydrogen-bond acceptors (Lipinski definition) is 3. The van der Waals surface area contributed by atoms with E-state index in [0.717, 1.165) is 12.1 Å². The summed E-state index contributed by atoms with van der Waals surface area (Å²) in [6.07, 6.45) is -4.97. The summed E-state index contributed by atoms with van der Waals surface area (Å²) in [7, 11) is 0. The van der Waals surface area contributed by atoms with Crippen LogP contribution in [0.15, 0.2) is 24.3 Å². The molecule has 1 amide bonds. The first-order valence-corrected chi connectivity index (χ1v) is 7.74. The maximum Gasteiger partial charge on any atom is 0.416 e. The molecule has 0 saturated carbocycles. The molecule has 1 aromatic rings. The third-order valence-corrected chi connectivity index (χ3v) is 3.19. The topological polar surface area (TPSA) is 75.6 Å². The van der Waals surface area contributed by atoms with E-state index in [1.807, 2.05) is 0 Å². The Kier molecular flexibility index (Phi) is 6.84.